The number of hydrogen-bond acceptors (Lipinski definition) is 3. The molecule has 3 rings (SSSR count). The minimum Gasteiger partial charge on any atom is -0.464 e. The van der Waals surface area contributed by atoms with Crippen molar-refractivity contribution in [2.75, 3.05) is 0 Å². The van der Waals surface area contributed by atoms with Crippen LogP contribution < -0.4 is 5.73 Å². The third kappa shape index (κ3) is 1.94. The highest BCUT2D eigenvalue weighted by Gasteiger charge is 2.04. The monoisotopic (exact) mass is 227 g/mol. The van der Waals surface area contributed by atoms with E-state index in [9.17, 15) is 0 Å². The second-order valence-electron chi connectivity index (χ2n) is 4.00. The third-order valence-corrected chi connectivity index (χ3v) is 2.78. The van der Waals surface area contributed by atoms with Crippen LogP contribution in [0, 0.1) is 0 Å². The van der Waals surface area contributed by atoms with Crippen molar-refractivity contribution in [1.29, 1.82) is 0 Å². The maximum atomic E-state index is 5.58. The zero-order valence-electron chi connectivity index (χ0n) is 9.31. The number of aromatic amines is 1. The molecule has 1 aromatic carbocycles. The number of fused-ring (bicyclic) bond motifs is 1. The van der Waals surface area contributed by atoms with Crippen LogP contribution in [-0.2, 0) is 13.0 Å². The van der Waals surface area contributed by atoms with E-state index >= 15 is 0 Å². The Hall–Kier alpha value is -2.07. The average Bonchev–Trinajstić information content (AvgIpc) is 2.96. The number of nitrogens with zero attached hydrogens (tertiary/aromatic N) is 1. The van der Waals surface area contributed by atoms with Crippen LogP contribution in [0.5, 0.6) is 0 Å². The molecule has 0 aliphatic heterocycles. The van der Waals surface area contributed by atoms with E-state index in [1.165, 1.54) is 5.56 Å². The van der Waals surface area contributed by atoms with Gasteiger partial charge in [-0.05, 0) is 29.8 Å². The third-order valence-electron chi connectivity index (χ3n) is 2.78. The molecule has 0 amide bonds. The highest BCUT2D eigenvalue weighted by atomic mass is 16.3. The van der Waals surface area contributed by atoms with Gasteiger partial charge in [0.15, 0.2) is 0 Å². The van der Waals surface area contributed by atoms with Gasteiger partial charge in [-0.25, -0.2) is 4.98 Å². The molecule has 0 bridgehead atoms. The molecule has 17 heavy (non-hydrogen) atoms. The quantitative estimate of drug-likeness (QED) is 0.720. The number of aromatic nitrogens is 2. The predicted molar refractivity (Wildman–Crippen MR) is 65.5 cm³/mol. The molecule has 0 aliphatic carbocycles. The van der Waals surface area contributed by atoms with Gasteiger partial charge in [0.05, 0.1) is 23.9 Å². The largest absolute Gasteiger partial charge is 0.464 e. The zero-order chi connectivity index (χ0) is 11.7. The fraction of sp³-hybridized carbons (Fsp3) is 0.154. The van der Waals surface area contributed by atoms with Crippen LogP contribution in [0.4, 0.5) is 0 Å². The van der Waals surface area contributed by atoms with E-state index in [-0.39, 0.29) is 0 Å². The van der Waals surface area contributed by atoms with Gasteiger partial charge in [0.1, 0.15) is 11.5 Å². The molecule has 86 valence electrons. The Bertz CT molecular complexity index is 639. The average molecular weight is 227 g/mol. The van der Waals surface area contributed by atoms with E-state index in [1.54, 1.807) is 6.33 Å². The molecule has 0 fully saturated rings. The molecule has 0 saturated heterocycles. The standard InChI is InChI=1S/C13H13N3O/c14-7-11-3-2-10(17-11)5-9-1-4-12-13(6-9)16-8-15-12/h1-4,6,8H,5,7,14H2,(H,15,16). The molecular weight excluding hydrogens is 214 g/mol. The summed E-state index contributed by atoms with van der Waals surface area (Å²) in [5, 5.41) is 0. The number of nitrogens with two attached hydrogens (primary N) is 1. The van der Waals surface area contributed by atoms with Gasteiger partial charge in [-0.3, -0.25) is 0 Å². The van der Waals surface area contributed by atoms with E-state index in [4.69, 9.17) is 10.2 Å². The summed E-state index contributed by atoms with van der Waals surface area (Å²) in [6, 6.07) is 10.1. The van der Waals surface area contributed by atoms with Crippen LogP contribution in [0.1, 0.15) is 17.1 Å². The fourth-order valence-electron chi connectivity index (χ4n) is 1.92. The van der Waals surface area contributed by atoms with Crippen molar-refractivity contribution < 1.29 is 4.42 Å². The lowest BCUT2D eigenvalue weighted by molar-refractivity contribution is 0.475. The maximum absolute atomic E-state index is 5.58. The van der Waals surface area contributed by atoms with Gasteiger partial charge in [0.25, 0.3) is 0 Å². The number of benzene rings is 1. The lowest BCUT2D eigenvalue weighted by Crippen LogP contribution is -1.93. The summed E-state index contributed by atoms with van der Waals surface area (Å²) in [5.41, 5.74) is 8.74. The molecule has 2 aromatic heterocycles. The first kappa shape index (κ1) is 10.1. The van der Waals surface area contributed by atoms with Crippen molar-refractivity contribution in [2.45, 2.75) is 13.0 Å². The van der Waals surface area contributed by atoms with Crippen LogP contribution >= 0.6 is 0 Å². The van der Waals surface area contributed by atoms with Crippen LogP contribution in [-0.4, -0.2) is 9.97 Å². The number of furan rings is 1. The zero-order valence-corrected chi connectivity index (χ0v) is 9.31. The SMILES string of the molecule is NCc1ccc(Cc2ccc3nc[nH]c3c2)o1. The van der Waals surface area contributed by atoms with E-state index in [0.29, 0.717) is 6.54 Å². The Labute approximate surface area is 98.5 Å². The van der Waals surface area contributed by atoms with Gasteiger partial charge < -0.3 is 15.1 Å². The normalized spacial score (nSPS) is 11.1. The van der Waals surface area contributed by atoms with Gasteiger partial charge in [0, 0.05) is 6.42 Å². The summed E-state index contributed by atoms with van der Waals surface area (Å²) in [6.45, 7) is 0.444. The number of H-pyrrole nitrogens is 1. The Morgan fingerprint density at radius 3 is 2.88 bits per heavy atom. The van der Waals surface area contributed by atoms with E-state index in [1.807, 2.05) is 18.2 Å². The van der Waals surface area contributed by atoms with E-state index in [0.717, 1.165) is 29.0 Å². The lowest BCUT2D eigenvalue weighted by Gasteiger charge is -1.98. The molecule has 0 saturated carbocycles. The summed E-state index contributed by atoms with van der Waals surface area (Å²) in [7, 11) is 0. The highest BCUT2D eigenvalue weighted by Crippen LogP contribution is 2.16. The summed E-state index contributed by atoms with van der Waals surface area (Å²) in [4.78, 5) is 7.29. The number of hydrogen-bond donors (Lipinski definition) is 2. The van der Waals surface area contributed by atoms with E-state index < -0.39 is 0 Å². The minimum atomic E-state index is 0.444. The summed E-state index contributed by atoms with van der Waals surface area (Å²) < 4.78 is 5.58. The molecule has 0 atom stereocenters. The lowest BCUT2D eigenvalue weighted by atomic mass is 10.1. The highest BCUT2D eigenvalue weighted by molar-refractivity contribution is 5.75. The first-order chi connectivity index (χ1) is 8.35. The van der Waals surface area contributed by atoms with Crippen molar-refractivity contribution in [2.24, 2.45) is 5.73 Å². The van der Waals surface area contributed by atoms with Crippen molar-refractivity contribution in [3.63, 3.8) is 0 Å². The Morgan fingerprint density at radius 1 is 1.18 bits per heavy atom. The molecule has 2 heterocycles. The molecule has 0 spiro atoms. The van der Waals surface area contributed by atoms with Crippen LogP contribution in [0.2, 0.25) is 0 Å². The first-order valence-electron chi connectivity index (χ1n) is 5.55. The molecule has 3 N–H and O–H groups in total. The molecule has 4 nitrogen and oxygen atoms in total. The summed E-state index contributed by atoms with van der Waals surface area (Å²) >= 11 is 0. The second kappa shape index (κ2) is 4.07. The Kier molecular flexibility index (Phi) is 2.42. The fourth-order valence-corrected chi connectivity index (χ4v) is 1.92. The molecule has 0 aliphatic rings. The molecule has 3 aromatic rings. The summed E-state index contributed by atoms with van der Waals surface area (Å²) in [5.74, 6) is 1.76. The summed E-state index contributed by atoms with van der Waals surface area (Å²) in [6.07, 6.45) is 2.48. The Morgan fingerprint density at radius 2 is 2.06 bits per heavy atom. The van der Waals surface area contributed by atoms with Gasteiger partial charge in [-0.2, -0.15) is 0 Å². The van der Waals surface area contributed by atoms with Gasteiger partial charge >= 0.3 is 0 Å². The molecular formula is C13H13N3O. The van der Waals surface area contributed by atoms with Gasteiger partial charge in [-0.15, -0.1) is 0 Å². The smallest absolute Gasteiger partial charge is 0.117 e. The van der Waals surface area contributed by atoms with Crippen LogP contribution in [0.25, 0.3) is 11.0 Å². The van der Waals surface area contributed by atoms with Gasteiger partial charge in [-0.1, -0.05) is 6.07 Å². The second-order valence-corrected chi connectivity index (χ2v) is 4.00. The minimum absolute atomic E-state index is 0.444. The van der Waals surface area contributed by atoms with Crippen molar-refractivity contribution in [1.82, 2.24) is 9.97 Å². The predicted octanol–water partition coefficient (Wildman–Crippen LogP) is 2.21. The first-order valence-corrected chi connectivity index (χ1v) is 5.55. The van der Waals surface area contributed by atoms with Crippen molar-refractivity contribution in [3.8, 4) is 0 Å². The molecule has 0 radical (unpaired) electrons. The van der Waals surface area contributed by atoms with Crippen molar-refractivity contribution >= 4 is 11.0 Å². The topological polar surface area (TPSA) is 67.8 Å². The van der Waals surface area contributed by atoms with Gasteiger partial charge in [0.2, 0.25) is 0 Å². The Balaban J connectivity index is 1.88. The molecule has 0 unspecified atom stereocenters. The van der Waals surface area contributed by atoms with Crippen LogP contribution in [0.15, 0.2) is 41.1 Å². The van der Waals surface area contributed by atoms with Crippen molar-refractivity contribution in [3.05, 3.63) is 53.7 Å². The maximum Gasteiger partial charge on any atom is 0.117 e. The number of rotatable bonds is 3. The van der Waals surface area contributed by atoms with E-state index in [2.05, 4.69) is 22.1 Å². The molecule has 4 heteroatoms. The number of nitrogens with one attached hydrogen (secondary N) is 1. The van der Waals surface area contributed by atoms with Crippen LogP contribution in [0.3, 0.4) is 0 Å². The number of imidazole rings is 1.